The van der Waals surface area contributed by atoms with Crippen LogP contribution in [-0.2, 0) is 0 Å². The molecule has 5 nitrogen and oxygen atoms in total. The third-order valence-corrected chi connectivity index (χ3v) is 3.82. The van der Waals surface area contributed by atoms with E-state index in [1.54, 1.807) is 17.9 Å². The van der Waals surface area contributed by atoms with Crippen LogP contribution in [0.25, 0.3) is 0 Å². The molecule has 0 bridgehead atoms. The molecule has 0 radical (unpaired) electrons. The van der Waals surface area contributed by atoms with Crippen LogP contribution < -0.4 is 4.90 Å². The number of anilines is 1. The highest BCUT2D eigenvalue weighted by Crippen LogP contribution is 2.21. The van der Waals surface area contributed by atoms with Crippen molar-refractivity contribution in [1.29, 1.82) is 0 Å². The van der Waals surface area contributed by atoms with Gasteiger partial charge in [-0.05, 0) is 25.1 Å². The number of rotatable bonds is 2. The molecule has 0 aliphatic carbocycles. The van der Waals surface area contributed by atoms with Crippen LogP contribution >= 0.6 is 11.6 Å². The summed E-state index contributed by atoms with van der Waals surface area (Å²) in [5.41, 5.74) is 1.47. The molecule has 2 aromatic rings. The fraction of sp³-hybridized carbons (Fsp3) is 0.333. The fourth-order valence-electron chi connectivity index (χ4n) is 2.47. The van der Waals surface area contributed by atoms with E-state index >= 15 is 0 Å². The zero-order valence-electron chi connectivity index (χ0n) is 11.8. The number of aromatic nitrogens is 1. The molecule has 1 amide bonds. The molecular weight excluding hydrogens is 290 g/mol. The van der Waals surface area contributed by atoms with E-state index < -0.39 is 0 Å². The van der Waals surface area contributed by atoms with Crippen molar-refractivity contribution in [2.45, 2.75) is 6.92 Å². The lowest BCUT2D eigenvalue weighted by Crippen LogP contribution is -2.48. The molecule has 1 aromatic heterocycles. The molecule has 0 atom stereocenters. The second kappa shape index (κ2) is 5.77. The van der Waals surface area contributed by atoms with E-state index in [9.17, 15) is 4.79 Å². The Bertz CT molecular complexity index is 648. The Kier molecular flexibility index (Phi) is 3.84. The van der Waals surface area contributed by atoms with Crippen molar-refractivity contribution in [2.24, 2.45) is 0 Å². The van der Waals surface area contributed by atoms with Crippen molar-refractivity contribution in [2.75, 3.05) is 31.1 Å². The molecule has 0 N–H and O–H groups in total. The molecule has 1 aliphatic rings. The predicted molar refractivity (Wildman–Crippen MR) is 80.8 cm³/mol. The Morgan fingerprint density at radius 3 is 2.62 bits per heavy atom. The molecule has 1 fully saturated rings. The summed E-state index contributed by atoms with van der Waals surface area (Å²) in [5, 5.41) is 4.51. The first kappa shape index (κ1) is 13.9. The first-order valence-electron chi connectivity index (χ1n) is 6.86. The average Bonchev–Trinajstić information content (AvgIpc) is 2.93. The molecule has 0 saturated carbocycles. The maximum atomic E-state index is 12.3. The molecule has 6 heteroatoms. The minimum absolute atomic E-state index is 0.0717. The van der Waals surface area contributed by atoms with Crippen LogP contribution in [0.1, 0.15) is 16.2 Å². The van der Waals surface area contributed by atoms with Gasteiger partial charge in [0.25, 0.3) is 5.91 Å². The van der Waals surface area contributed by atoms with Crippen molar-refractivity contribution < 1.29 is 9.32 Å². The van der Waals surface area contributed by atoms with Gasteiger partial charge in [-0.1, -0.05) is 22.8 Å². The van der Waals surface area contributed by atoms with Crippen LogP contribution in [0.5, 0.6) is 0 Å². The summed E-state index contributed by atoms with van der Waals surface area (Å²) in [5.74, 6) is 0.577. The number of carbonyl (C=O) groups excluding carboxylic acids is 1. The number of piperazine rings is 1. The topological polar surface area (TPSA) is 49.6 Å². The van der Waals surface area contributed by atoms with Gasteiger partial charge in [-0.2, -0.15) is 0 Å². The smallest absolute Gasteiger partial charge is 0.276 e. The third kappa shape index (κ3) is 3.03. The highest BCUT2D eigenvalue weighted by atomic mass is 35.5. The van der Waals surface area contributed by atoms with Crippen LogP contribution in [0.3, 0.4) is 0 Å². The van der Waals surface area contributed by atoms with Crippen LogP contribution in [0, 0.1) is 6.92 Å². The zero-order valence-corrected chi connectivity index (χ0v) is 12.5. The van der Waals surface area contributed by atoms with E-state index in [1.807, 2.05) is 24.3 Å². The Morgan fingerprint density at radius 1 is 1.24 bits per heavy atom. The Morgan fingerprint density at radius 2 is 2.00 bits per heavy atom. The Labute approximate surface area is 128 Å². The normalized spacial score (nSPS) is 15.3. The van der Waals surface area contributed by atoms with Gasteiger partial charge in [-0.15, -0.1) is 0 Å². The minimum atomic E-state index is -0.0717. The lowest BCUT2D eigenvalue weighted by atomic mass is 10.2. The van der Waals surface area contributed by atoms with Crippen molar-refractivity contribution in [3.05, 3.63) is 46.8 Å². The highest BCUT2D eigenvalue weighted by Gasteiger charge is 2.24. The predicted octanol–water partition coefficient (Wildman–Crippen LogP) is 2.60. The van der Waals surface area contributed by atoms with Crippen molar-refractivity contribution in [3.63, 3.8) is 0 Å². The monoisotopic (exact) mass is 305 g/mol. The van der Waals surface area contributed by atoms with Crippen LogP contribution in [-0.4, -0.2) is 42.1 Å². The van der Waals surface area contributed by atoms with Crippen LogP contribution in [0.4, 0.5) is 5.69 Å². The van der Waals surface area contributed by atoms with E-state index in [0.717, 1.165) is 23.8 Å². The first-order chi connectivity index (χ1) is 10.1. The molecule has 1 aromatic carbocycles. The maximum absolute atomic E-state index is 12.3. The molecule has 3 rings (SSSR count). The van der Waals surface area contributed by atoms with Gasteiger partial charge in [-0.25, -0.2) is 0 Å². The van der Waals surface area contributed by atoms with Crippen molar-refractivity contribution in [1.82, 2.24) is 10.1 Å². The number of carbonyl (C=O) groups is 1. The number of benzene rings is 1. The van der Waals surface area contributed by atoms with E-state index in [2.05, 4.69) is 10.1 Å². The Hall–Kier alpha value is -2.01. The molecule has 0 spiro atoms. The van der Waals surface area contributed by atoms with E-state index in [1.165, 1.54) is 0 Å². The largest absolute Gasteiger partial charge is 0.368 e. The van der Waals surface area contributed by atoms with Gasteiger partial charge in [0.05, 0.1) is 0 Å². The summed E-state index contributed by atoms with van der Waals surface area (Å²) < 4.78 is 4.96. The van der Waals surface area contributed by atoms with Crippen LogP contribution in [0.2, 0.25) is 5.02 Å². The number of nitrogens with zero attached hydrogens (tertiary/aromatic N) is 3. The maximum Gasteiger partial charge on any atom is 0.276 e. The second-order valence-electron chi connectivity index (χ2n) is 5.08. The molecule has 110 valence electrons. The van der Waals surface area contributed by atoms with Crippen molar-refractivity contribution >= 4 is 23.2 Å². The fourth-order valence-corrected chi connectivity index (χ4v) is 2.65. The quantitative estimate of drug-likeness (QED) is 0.856. The van der Waals surface area contributed by atoms with Gasteiger partial charge in [0.2, 0.25) is 0 Å². The molecule has 2 heterocycles. The van der Waals surface area contributed by atoms with E-state index in [4.69, 9.17) is 16.1 Å². The number of aryl methyl sites for hydroxylation is 1. The van der Waals surface area contributed by atoms with E-state index in [0.29, 0.717) is 24.5 Å². The Balaban J connectivity index is 1.64. The number of hydrogen-bond donors (Lipinski definition) is 0. The number of hydrogen-bond acceptors (Lipinski definition) is 4. The molecule has 21 heavy (non-hydrogen) atoms. The lowest BCUT2D eigenvalue weighted by molar-refractivity contribution is 0.0736. The van der Waals surface area contributed by atoms with E-state index in [-0.39, 0.29) is 5.91 Å². The summed E-state index contributed by atoms with van der Waals surface area (Å²) in [7, 11) is 0. The summed E-state index contributed by atoms with van der Waals surface area (Å²) >= 11 is 6.02. The van der Waals surface area contributed by atoms with Gasteiger partial charge in [-0.3, -0.25) is 4.79 Å². The zero-order chi connectivity index (χ0) is 14.8. The summed E-state index contributed by atoms with van der Waals surface area (Å²) in [6.07, 6.45) is 0. The lowest BCUT2D eigenvalue weighted by Gasteiger charge is -2.35. The first-order valence-corrected chi connectivity index (χ1v) is 7.24. The molecule has 0 unspecified atom stereocenters. The average molecular weight is 306 g/mol. The highest BCUT2D eigenvalue weighted by molar-refractivity contribution is 6.30. The van der Waals surface area contributed by atoms with Crippen LogP contribution in [0.15, 0.2) is 34.9 Å². The van der Waals surface area contributed by atoms with Gasteiger partial charge in [0.15, 0.2) is 5.69 Å². The van der Waals surface area contributed by atoms with Crippen molar-refractivity contribution in [3.8, 4) is 0 Å². The number of amides is 1. The number of halogens is 1. The van der Waals surface area contributed by atoms with Gasteiger partial charge in [0.1, 0.15) is 5.76 Å². The molecular formula is C15H16ClN3O2. The minimum Gasteiger partial charge on any atom is -0.368 e. The summed E-state index contributed by atoms with van der Waals surface area (Å²) in [4.78, 5) is 16.3. The third-order valence-electron chi connectivity index (χ3n) is 3.59. The second-order valence-corrected chi connectivity index (χ2v) is 5.52. The standard InChI is InChI=1S/C15H16ClN3O2/c1-11-9-14(17-21-11)15(20)19-7-5-18(6-8-19)13-4-2-3-12(16)10-13/h2-4,9-10H,5-8H2,1H3. The SMILES string of the molecule is Cc1cc(C(=O)N2CCN(c3cccc(Cl)c3)CC2)no1. The van der Waals surface area contributed by atoms with Gasteiger partial charge >= 0.3 is 0 Å². The molecule has 1 aliphatic heterocycles. The van der Waals surface area contributed by atoms with Gasteiger partial charge < -0.3 is 14.3 Å². The van der Waals surface area contributed by atoms with Gasteiger partial charge in [0, 0.05) is 43.0 Å². The molecule has 1 saturated heterocycles. The summed E-state index contributed by atoms with van der Waals surface area (Å²) in [6, 6.07) is 9.45. The summed E-state index contributed by atoms with van der Waals surface area (Å²) in [6.45, 7) is 4.67.